The molecular weight excluding hydrogens is 442 g/mol. The Balaban J connectivity index is 1.44. The molecule has 34 heavy (non-hydrogen) atoms. The molecule has 1 aliphatic heterocycles. The molecule has 0 aliphatic carbocycles. The maximum absolute atomic E-state index is 12.8. The van der Waals surface area contributed by atoms with Crippen molar-refractivity contribution >= 4 is 45.8 Å². The van der Waals surface area contributed by atoms with Crippen LogP contribution in [0.5, 0.6) is 0 Å². The van der Waals surface area contributed by atoms with Gasteiger partial charge in [-0.1, -0.05) is 42.5 Å². The van der Waals surface area contributed by atoms with Crippen LogP contribution in [-0.2, 0) is 14.3 Å². The topological polar surface area (TPSA) is 127 Å². The highest BCUT2D eigenvalue weighted by Gasteiger charge is 2.42. The van der Waals surface area contributed by atoms with Crippen molar-refractivity contribution in [2.45, 2.75) is 6.92 Å². The lowest BCUT2D eigenvalue weighted by Crippen LogP contribution is -2.38. The number of ether oxygens (including phenoxy) is 1. The van der Waals surface area contributed by atoms with Gasteiger partial charge in [0.25, 0.3) is 23.4 Å². The van der Waals surface area contributed by atoms with E-state index in [0.717, 1.165) is 16.8 Å². The van der Waals surface area contributed by atoms with Crippen LogP contribution in [-0.4, -0.2) is 53.2 Å². The number of nitrogens with zero attached hydrogens (tertiary/aromatic N) is 3. The first-order valence-corrected chi connectivity index (χ1v) is 10.4. The van der Waals surface area contributed by atoms with E-state index in [-0.39, 0.29) is 11.1 Å². The van der Waals surface area contributed by atoms with Gasteiger partial charge in [-0.25, -0.2) is 0 Å². The molecule has 4 rings (SSSR count). The molecule has 1 aliphatic rings. The normalized spacial score (nSPS) is 12.6. The third-order valence-corrected chi connectivity index (χ3v) is 5.49. The van der Waals surface area contributed by atoms with Crippen LogP contribution in [0.25, 0.3) is 10.8 Å². The molecule has 0 aromatic heterocycles. The molecule has 0 atom stereocenters. The van der Waals surface area contributed by atoms with Crippen molar-refractivity contribution in [3.8, 4) is 0 Å². The number of nitro benzene ring substituents is 1. The van der Waals surface area contributed by atoms with Gasteiger partial charge in [-0.2, -0.15) is 0 Å². The summed E-state index contributed by atoms with van der Waals surface area (Å²) in [4.78, 5) is 62.8. The van der Waals surface area contributed by atoms with E-state index in [1.807, 2.05) is 36.4 Å². The molecule has 0 radical (unpaired) electrons. The maximum Gasteiger partial charge on any atom is 0.326 e. The summed E-state index contributed by atoms with van der Waals surface area (Å²) in [6, 6.07) is 16.8. The molecule has 0 N–H and O–H groups in total. The molecule has 3 aromatic carbocycles. The number of anilines is 1. The zero-order valence-electron chi connectivity index (χ0n) is 18.1. The number of hydrogen-bond acceptors (Lipinski definition) is 7. The highest BCUT2D eigenvalue weighted by molar-refractivity contribution is 6.24. The second kappa shape index (κ2) is 9.10. The monoisotopic (exact) mass is 461 g/mol. The van der Waals surface area contributed by atoms with Gasteiger partial charge >= 0.3 is 5.97 Å². The summed E-state index contributed by atoms with van der Waals surface area (Å²) in [5.41, 5.74) is -0.379. The van der Waals surface area contributed by atoms with Gasteiger partial charge in [0.2, 0.25) is 0 Å². The number of nitro groups is 1. The molecule has 0 unspecified atom stereocenters. The zero-order chi connectivity index (χ0) is 24.4. The third-order valence-electron chi connectivity index (χ3n) is 5.49. The molecule has 0 spiro atoms. The van der Waals surface area contributed by atoms with E-state index in [9.17, 15) is 29.3 Å². The Morgan fingerprint density at radius 2 is 1.71 bits per heavy atom. The number of amides is 3. The Morgan fingerprint density at radius 3 is 2.44 bits per heavy atom. The lowest BCUT2D eigenvalue weighted by molar-refractivity contribution is -0.385. The van der Waals surface area contributed by atoms with Gasteiger partial charge < -0.3 is 9.64 Å². The van der Waals surface area contributed by atoms with Crippen molar-refractivity contribution < 1.29 is 28.8 Å². The lowest BCUT2D eigenvalue weighted by atomic mass is 10.1. The highest BCUT2D eigenvalue weighted by Crippen LogP contribution is 2.30. The Kier molecular flexibility index (Phi) is 6.05. The van der Waals surface area contributed by atoms with Gasteiger partial charge in [-0.3, -0.25) is 34.2 Å². The van der Waals surface area contributed by atoms with E-state index in [2.05, 4.69) is 0 Å². The lowest BCUT2D eigenvalue weighted by Gasteiger charge is -2.23. The minimum Gasteiger partial charge on any atom is -0.454 e. The Bertz CT molecular complexity index is 1350. The number of benzene rings is 3. The fraction of sp³-hybridized carbons (Fsp3) is 0.167. The van der Waals surface area contributed by atoms with Crippen LogP contribution >= 0.6 is 0 Å². The quantitative estimate of drug-likeness (QED) is 0.229. The molecular formula is C24H19N3O7. The fourth-order valence-corrected chi connectivity index (χ4v) is 3.93. The predicted molar refractivity (Wildman–Crippen MR) is 121 cm³/mol. The molecule has 172 valence electrons. The van der Waals surface area contributed by atoms with E-state index in [4.69, 9.17) is 4.74 Å². The number of carbonyl (C=O) groups excluding carboxylic acids is 4. The van der Waals surface area contributed by atoms with Crippen LogP contribution in [0.1, 0.15) is 27.6 Å². The minimum absolute atomic E-state index is 0.156. The van der Waals surface area contributed by atoms with E-state index in [1.54, 1.807) is 13.0 Å². The Hall–Kier alpha value is -4.60. The van der Waals surface area contributed by atoms with Crippen LogP contribution < -0.4 is 4.90 Å². The summed E-state index contributed by atoms with van der Waals surface area (Å²) in [5.74, 6) is -3.26. The summed E-state index contributed by atoms with van der Waals surface area (Å²) in [6.07, 6.45) is 0. The maximum atomic E-state index is 12.8. The molecule has 0 saturated carbocycles. The van der Waals surface area contributed by atoms with E-state index in [1.165, 1.54) is 17.0 Å². The predicted octanol–water partition coefficient (Wildman–Crippen LogP) is 2.94. The van der Waals surface area contributed by atoms with Crippen molar-refractivity contribution in [1.82, 2.24) is 4.90 Å². The largest absolute Gasteiger partial charge is 0.454 e. The van der Waals surface area contributed by atoms with Crippen LogP contribution in [0.3, 0.4) is 0 Å². The molecule has 3 aromatic rings. The van der Waals surface area contributed by atoms with Crippen molar-refractivity contribution in [1.29, 1.82) is 0 Å². The SMILES string of the molecule is CCN(C(=O)COC(=O)CN1C(=O)c2cccc([N+](=O)[O-])c2C1=O)c1cccc2ccccc12. The standard InChI is InChI=1S/C24H19N3O7/c1-2-25(18-11-5-8-15-7-3-4-9-16(15)18)20(28)14-34-21(29)13-26-23(30)17-10-6-12-19(27(32)33)22(17)24(26)31/h3-12H,2,13-14H2,1H3. The van der Waals surface area contributed by atoms with Gasteiger partial charge in [0.1, 0.15) is 12.1 Å². The van der Waals surface area contributed by atoms with Crippen molar-refractivity contribution in [2.24, 2.45) is 0 Å². The summed E-state index contributed by atoms with van der Waals surface area (Å²) in [6.45, 7) is 0.746. The second-order valence-electron chi connectivity index (χ2n) is 7.45. The minimum atomic E-state index is -0.987. The number of esters is 1. The number of fused-ring (bicyclic) bond motifs is 2. The Morgan fingerprint density at radius 1 is 1.00 bits per heavy atom. The van der Waals surface area contributed by atoms with Crippen LogP contribution in [0, 0.1) is 10.1 Å². The van der Waals surface area contributed by atoms with Gasteiger partial charge in [-0.05, 0) is 24.4 Å². The fourth-order valence-electron chi connectivity index (χ4n) is 3.93. The zero-order valence-corrected chi connectivity index (χ0v) is 18.1. The number of carbonyl (C=O) groups is 4. The molecule has 0 fully saturated rings. The van der Waals surface area contributed by atoms with Gasteiger partial charge in [0.05, 0.1) is 16.2 Å². The summed E-state index contributed by atoms with van der Waals surface area (Å²) < 4.78 is 5.05. The highest BCUT2D eigenvalue weighted by atomic mass is 16.6. The van der Waals surface area contributed by atoms with Crippen LogP contribution in [0.15, 0.2) is 60.7 Å². The number of imide groups is 1. The first kappa shape index (κ1) is 22.6. The van der Waals surface area contributed by atoms with Crippen molar-refractivity contribution in [2.75, 3.05) is 24.6 Å². The number of hydrogen-bond donors (Lipinski definition) is 0. The van der Waals surface area contributed by atoms with Crippen LogP contribution in [0.4, 0.5) is 11.4 Å². The molecule has 3 amide bonds. The summed E-state index contributed by atoms with van der Waals surface area (Å²) in [7, 11) is 0. The molecule has 0 bridgehead atoms. The van der Waals surface area contributed by atoms with E-state index < -0.39 is 47.5 Å². The van der Waals surface area contributed by atoms with Gasteiger partial charge in [0, 0.05) is 18.0 Å². The average molecular weight is 461 g/mol. The summed E-state index contributed by atoms with van der Waals surface area (Å²) >= 11 is 0. The molecule has 0 saturated heterocycles. The second-order valence-corrected chi connectivity index (χ2v) is 7.45. The molecule has 1 heterocycles. The van der Waals surface area contributed by atoms with Crippen molar-refractivity contribution in [3.63, 3.8) is 0 Å². The van der Waals surface area contributed by atoms with Crippen LogP contribution in [0.2, 0.25) is 0 Å². The van der Waals surface area contributed by atoms with Gasteiger partial charge in [-0.15, -0.1) is 0 Å². The van der Waals surface area contributed by atoms with Crippen molar-refractivity contribution in [3.05, 3.63) is 81.9 Å². The Labute approximate surface area is 193 Å². The molecule has 10 heteroatoms. The van der Waals surface area contributed by atoms with E-state index >= 15 is 0 Å². The first-order valence-electron chi connectivity index (χ1n) is 10.4. The smallest absolute Gasteiger partial charge is 0.326 e. The third kappa shape index (κ3) is 3.96. The average Bonchev–Trinajstić information content (AvgIpc) is 3.08. The first-order chi connectivity index (χ1) is 16.3. The molecule has 10 nitrogen and oxygen atoms in total. The number of rotatable bonds is 7. The van der Waals surface area contributed by atoms with Gasteiger partial charge in [0.15, 0.2) is 6.61 Å². The van der Waals surface area contributed by atoms with E-state index in [0.29, 0.717) is 17.1 Å². The number of likely N-dealkylation sites (N-methyl/N-ethyl adjacent to an activating group) is 1. The summed E-state index contributed by atoms with van der Waals surface area (Å²) in [5, 5.41) is 13.0.